The van der Waals surface area contributed by atoms with E-state index in [9.17, 15) is 8.42 Å². The maximum Gasteiger partial charge on any atom is 0.206 e. The minimum absolute atomic E-state index is 0.331. The van der Waals surface area contributed by atoms with Gasteiger partial charge in [0.15, 0.2) is 0 Å². The molecule has 0 aliphatic carbocycles. The molecular formula is C17H24O3S. The summed E-state index contributed by atoms with van der Waals surface area (Å²) in [6.07, 6.45) is 7.93. The molecule has 0 saturated heterocycles. The third kappa shape index (κ3) is 5.48. The second kappa shape index (κ2) is 8.80. The fourth-order valence-electron chi connectivity index (χ4n) is 1.83. The second-order valence-electron chi connectivity index (χ2n) is 4.92. The molecule has 0 aliphatic rings. The predicted octanol–water partition coefficient (Wildman–Crippen LogP) is 4.05. The van der Waals surface area contributed by atoms with Crippen LogP contribution in [-0.2, 0) is 14.6 Å². The average molecular weight is 308 g/mol. The van der Waals surface area contributed by atoms with Crippen molar-refractivity contribution in [2.24, 2.45) is 0 Å². The lowest BCUT2D eigenvalue weighted by Gasteiger charge is -2.06. The molecule has 0 atom stereocenters. The van der Waals surface area contributed by atoms with Crippen LogP contribution in [0.4, 0.5) is 0 Å². The quantitative estimate of drug-likeness (QED) is 0.537. The minimum atomic E-state index is -3.46. The van der Waals surface area contributed by atoms with Crippen LogP contribution in [0.25, 0.3) is 0 Å². The number of allylic oxidation sites excluding steroid dienone is 2. The van der Waals surface area contributed by atoms with Gasteiger partial charge in [0, 0.05) is 7.11 Å². The Morgan fingerprint density at radius 2 is 1.90 bits per heavy atom. The lowest BCUT2D eigenvalue weighted by Crippen LogP contribution is -2.04. The average Bonchev–Trinajstić information content (AvgIpc) is 2.46. The van der Waals surface area contributed by atoms with Crippen LogP contribution in [0.15, 0.2) is 52.3 Å². The van der Waals surface area contributed by atoms with Crippen molar-refractivity contribution >= 4 is 9.84 Å². The van der Waals surface area contributed by atoms with E-state index >= 15 is 0 Å². The minimum Gasteiger partial charge on any atom is -0.381 e. The van der Waals surface area contributed by atoms with Crippen LogP contribution in [0.2, 0.25) is 0 Å². The van der Waals surface area contributed by atoms with E-state index in [2.05, 4.69) is 6.92 Å². The van der Waals surface area contributed by atoms with Gasteiger partial charge in [-0.25, -0.2) is 8.42 Å². The Balaban J connectivity index is 3.10. The first-order valence-corrected chi connectivity index (χ1v) is 8.68. The van der Waals surface area contributed by atoms with Crippen molar-refractivity contribution in [2.75, 3.05) is 13.7 Å². The summed E-state index contributed by atoms with van der Waals surface area (Å²) in [5, 5.41) is 0. The van der Waals surface area contributed by atoms with E-state index in [0.717, 1.165) is 24.8 Å². The fraction of sp³-hybridized carbons (Fsp3) is 0.412. The van der Waals surface area contributed by atoms with Gasteiger partial charge in [0.05, 0.1) is 16.4 Å². The van der Waals surface area contributed by atoms with Gasteiger partial charge in [-0.05, 0) is 31.6 Å². The highest BCUT2D eigenvalue weighted by atomic mass is 32.2. The number of methoxy groups -OCH3 is 1. The molecule has 0 bridgehead atoms. The molecule has 116 valence electrons. The van der Waals surface area contributed by atoms with Crippen LogP contribution >= 0.6 is 0 Å². The molecule has 0 spiro atoms. The summed E-state index contributed by atoms with van der Waals surface area (Å²) < 4.78 is 30.3. The number of hydrogen-bond donors (Lipinski definition) is 0. The molecular weight excluding hydrogens is 284 g/mol. The Kier molecular flexibility index (Phi) is 7.40. The molecule has 0 fully saturated rings. The van der Waals surface area contributed by atoms with Crippen LogP contribution in [0.1, 0.15) is 31.7 Å². The first-order chi connectivity index (χ1) is 10.0. The zero-order valence-corrected chi connectivity index (χ0v) is 13.8. The van der Waals surface area contributed by atoms with Crippen molar-refractivity contribution < 1.29 is 13.2 Å². The standard InChI is InChI=1S/C17H24O3S/c1-4-5-6-8-16(9-7-14-20-3)21(18,19)17-12-10-15(2)11-13-17/h7-13H,4-6,14H2,1-3H3/b9-7+,16-8-. The summed E-state index contributed by atoms with van der Waals surface area (Å²) in [4.78, 5) is 0.676. The van der Waals surface area contributed by atoms with Crippen molar-refractivity contribution in [3.05, 3.63) is 53.0 Å². The van der Waals surface area contributed by atoms with Gasteiger partial charge in [0.25, 0.3) is 0 Å². The molecule has 0 unspecified atom stereocenters. The Bertz CT molecular complexity index is 581. The van der Waals surface area contributed by atoms with Crippen LogP contribution in [-0.4, -0.2) is 22.1 Å². The van der Waals surface area contributed by atoms with Gasteiger partial charge >= 0.3 is 0 Å². The summed E-state index contributed by atoms with van der Waals surface area (Å²) >= 11 is 0. The SMILES string of the molecule is CCCC/C=C(/C=C/COC)S(=O)(=O)c1ccc(C)cc1. The summed E-state index contributed by atoms with van der Waals surface area (Å²) in [7, 11) is -1.88. The van der Waals surface area contributed by atoms with Gasteiger partial charge in [-0.2, -0.15) is 0 Å². The Hall–Kier alpha value is -1.39. The van der Waals surface area contributed by atoms with E-state index in [1.165, 1.54) is 0 Å². The van der Waals surface area contributed by atoms with Gasteiger partial charge < -0.3 is 4.74 Å². The molecule has 1 rings (SSSR count). The number of rotatable bonds is 8. The van der Waals surface area contributed by atoms with Crippen molar-refractivity contribution in [2.45, 2.75) is 38.0 Å². The topological polar surface area (TPSA) is 43.4 Å². The van der Waals surface area contributed by atoms with E-state index in [4.69, 9.17) is 4.74 Å². The molecule has 0 aliphatic heterocycles. The Labute approximate surface area is 128 Å². The van der Waals surface area contributed by atoms with Gasteiger partial charge in [-0.3, -0.25) is 0 Å². The predicted molar refractivity (Wildman–Crippen MR) is 87.0 cm³/mol. The number of ether oxygens (including phenoxy) is 1. The molecule has 1 aromatic rings. The molecule has 0 heterocycles. The van der Waals surface area contributed by atoms with E-state index in [1.54, 1.807) is 37.5 Å². The lowest BCUT2D eigenvalue weighted by molar-refractivity contribution is 0.234. The highest BCUT2D eigenvalue weighted by molar-refractivity contribution is 7.95. The molecule has 0 amide bonds. The molecule has 0 N–H and O–H groups in total. The number of hydrogen-bond acceptors (Lipinski definition) is 3. The highest BCUT2D eigenvalue weighted by Crippen LogP contribution is 2.21. The van der Waals surface area contributed by atoms with Gasteiger partial charge in [0.1, 0.15) is 0 Å². The Morgan fingerprint density at radius 1 is 1.24 bits per heavy atom. The molecule has 0 radical (unpaired) electrons. The zero-order valence-electron chi connectivity index (χ0n) is 13.0. The summed E-state index contributed by atoms with van der Waals surface area (Å²) in [6, 6.07) is 6.94. The largest absolute Gasteiger partial charge is 0.381 e. The van der Waals surface area contributed by atoms with Crippen LogP contribution < -0.4 is 0 Å². The molecule has 4 heteroatoms. The van der Waals surface area contributed by atoms with Crippen LogP contribution in [0.5, 0.6) is 0 Å². The normalized spacial score (nSPS) is 13.0. The molecule has 1 aromatic carbocycles. The fourth-order valence-corrected chi connectivity index (χ4v) is 3.21. The third-order valence-corrected chi connectivity index (χ3v) is 4.91. The van der Waals surface area contributed by atoms with Crippen LogP contribution in [0, 0.1) is 6.92 Å². The van der Waals surface area contributed by atoms with Gasteiger partial charge in [0.2, 0.25) is 9.84 Å². The lowest BCUT2D eigenvalue weighted by atomic mass is 10.2. The van der Waals surface area contributed by atoms with E-state index in [0.29, 0.717) is 16.4 Å². The number of sulfone groups is 1. The van der Waals surface area contributed by atoms with Crippen molar-refractivity contribution in [1.29, 1.82) is 0 Å². The van der Waals surface area contributed by atoms with E-state index < -0.39 is 9.84 Å². The smallest absolute Gasteiger partial charge is 0.206 e. The first kappa shape index (κ1) is 17.7. The van der Waals surface area contributed by atoms with Gasteiger partial charge in [-0.15, -0.1) is 0 Å². The number of benzene rings is 1. The number of aryl methyl sites for hydroxylation is 1. The molecule has 0 aromatic heterocycles. The van der Waals surface area contributed by atoms with Crippen LogP contribution in [0.3, 0.4) is 0 Å². The first-order valence-electron chi connectivity index (χ1n) is 7.19. The zero-order chi connectivity index (χ0) is 15.7. The maximum atomic E-state index is 12.7. The highest BCUT2D eigenvalue weighted by Gasteiger charge is 2.18. The van der Waals surface area contributed by atoms with Crippen molar-refractivity contribution in [3.8, 4) is 0 Å². The molecule has 3 nitrogen and oxygen atoms in total. The third-order valence-electron chi connectivity index (χ3n) is 3.09. The van der Waals surface area contributed by atoms with Gasteiger partial charge in [-0.1, -0.05) is 49.6 Å². The monoisotopic (exact) mass is 308 g/mol. The Morgan fingerprint density at radius 3 is 2.48 bits per heavy atom. The van der Waals surface area contributed by atoms with E-state index in [1.807, 2.05) is 19.1 Å². The summed E-state index contributed by atoms with van der Waals surface area (Å²) in [5.41, 5.74) is 1.04. The van der Waals surface area contributed by atoms with E-state index in [-0.39, 0.29) is 0 Å². The summed E-state index contributed by atoms with van der Waals surface area (Å²) in [6.45, 7) is 4.42. The molecule has 0 saturated carbocycles. The maximum absolute atomic E-state index is 12.7. The molecule has 21 heavy (non-hydrogen) atoms. The number of unbranched alkanes of at least 4 members (excludes halogenated alkanes) is 2. The second-order valence-corrected chi connectivity index (χ2v) is 6.87. The summed E-state index contributed by atoms with van der Waals surface area (Å²) in [5.74, 6) is 0. The van der Waals surface area contributed by atoms with Crippen molar-refractivity contribution in [1.82, 2.24) is 0 Å². The van der Waals surface area contributed by atoms with Crippen molar-refractivity contribution in [3.63, 3.8) is 0 Å².